The van der Waals surface area contributed by atoms with Crippen LogP contribution in [0.15, 0.2) is 27.3 Å². The molecule has 2 rings (SSSR count). The summed E-state index contributed by atoms with van der Waals surface area (Å²) in [7, 11) is 0. The molecule has 0 aromatic carbocycles. The first-order chi connectivity index (χ1) is 10.0. The van der Waals surface area contributed by atoms with Gasteiger partial charge < -0.3 is 14.5 Å². The first-order valence-electron chi connectivity index (χ1n) is 6.99. The molecule has 1 fully saturated rings. The molecule has 1 amide bonds. The predicted molar refractivity (Wildman–Crippen MR) is 81.4 cm³/mol. The highest BCUT2D eigenvalue weighted by molar-refractivity contribution is 9.10. The average molecular weight is 356 g/mol. The molecular weight excluding hydrogens is 338 g/mol. The molecule has 0 radical (unpaired) electrons. The molecule has 0 bridgehead atoms. The molecule has 1 saturated carbocycles. The summed E-state index contributed by atoms with van der Waals surface area (Å²) in [6.07, 6.45) is 6.21. The molecule has 1 N–H and O–H groups in total. The van der Waals surface area contributed by atoms with Crippen molar-refractivity contribution < 1.29 is 18.7 Å². The Balaban J connectivity index is 1.78. The summed E-state index contributed by atoms with van der Waals surface area (Å²) in [6, 6.07) is 3.65. The number of halogens is 1. The molecule has 6 heteroatoms. The number of nitrogens with one attached hydrogen (secondary N) is 1. The van der Waals surface area contributed by atoms with Crippen LogP contribution in [0.2, 0.25) is 0 Å². The van der Waals surface area contributed by atoms with Gasteiger partial charge in [-0.1, -0.05) is 12.8 Å². The van der Waals surface area contributed by atoms with E-state index in [0.29, 0.717) is 10.4 Å². The number of carbonyl (C=O) groups is 2. The zero-order valence-corrected chi connectivity index (χ0v) is 13.4. The number of hydrogen-bond acceptors (Lipinski definition) is 4. The van der Waals surface area contributed by atoms with Crippen molar-refractivity contribution in [2.45, 2.75) is 44.8 Å². The standard InChI is InChI=1S/C15H18BrNO4/c1-10(15(19)17-11-4-2-3-5-11)20-14(18)9-7-12-6-8-13(16)21-12/h6-11H,2-5H2,1H3,(H,17,19)/b9-7+/t10-/m1/s1. The number of hydrogen-bond donors (Lipinski definition) is 1. The van der Waals surface area contributed by atoms with E-state index in [1.54, 1.807) is 19.1 Å². The molecule has 1 aromatic heterocycles. The third-order valence-corrected chi connectivity index (χ3v) is 3.77. The summed E-state index contributed by atoms with van der Waals surface area (Å²) < 4.78 is 10.9. The second kappa shape index (κ2) is 7.45. The van der Waals surface area contributed by atoms with Crippen LogP contribution in [0.4, 0.5) is 0 Å². The highest BCUT2D eigenvalue weighted by Crippen LogP contribution is 2.18. The van der Waals surface area contributed by atoms with Gasteiger partial charge in [-0.3, -0.25) is 4.79 Å². The molecule has 1 aliphatic carbocycles. The molecule has 1 atom stereocenters. The van der Waals surface area contributed by atoms with Crippen molar-refractivity contribution in [3.8, 4) is 0 Å². The lowest BCUT2D eigenvalue weighted by atomic mass is 10.2. The number of furan rings is 1. The van der Waals surface area contributed by atoms with E-state index in [4.69, 9.17) is 9.15 Å². The fourth-order valence-electron chi connectivity index (χ4n) is 2.22. The van der Waals surface area contributed by atoms with E-state index in [9.17, 15) is 9.59 Å². The lowest BCUT2D eigenvalue weighted by Gasteiger charge is -2.16. The second-order valence-corrected chi connectivity index (χ2v) is 5.83. The van der Waals surface area contributed by atoms with Gasteiger partial charge in [0.15, 0.2) is 10.8 Å². The predicted octanol–water partition coefficient (Wildman–Crippen LogP) is 3.05. The van der Waals surface area contributed by atoms with Gasteiger partial charge in [0.05, 0.1) is 0 Å². The summed E-state index contributed by atoms with van der Waals surface area (Å²) in [5.41, 5.74) is 0. The van der Waals surface area contributed by atoms with Crippen molar-refractivity contribution in [2.24, 2.45) is 0 Å². The van der Waals surface area contributed by atoms with Crippen molar-refractivity contribution in [1.82, 2.24) is 5.32 Å². The topological polar surface area (TPSA) is 68.5 Å². The Labute approximate surface area is 131 Å². The van der Waals surface area contributed by atoms with E-state index in [0.717, 1.165) is 25.7 Å². The SMILES string of the molecule is C[C@@H](OC(=O)/C=C/c1ccc(Br)o1)C(=O)NC1CCCC1. The Hall–Kier alpha value is -1.56. The van der Waals surface area contributed by atoms with Gasteiger partial charge in [0, 0.05) is 12.1 Å². The van der Waals surface area contributed by atoms with Crippen LogP contribution in [0, 0.1) is 0 Å². The Kier molecular flexibility index (Phi) is 5.61. The summed E-state index contributed by atoms with van der Waals surface area (Å²) in [4.78, 5) is 23.5. The van der Waals surface area contributed by atoms with Gasteiger partial charge in [0.25, 0.3) is 5.91 Å². The number of rotatable bonds is 5. The first kappa shape index (κ1) is 15.8. The lowest BCUT2D eigenvalue weighted by Crippen LogP contribution is -2.40. The minimum atomic E-state index is -0.800. The molecule has 5 nitrogen and oxygen atoms in total. The molecule has 114 valence electrons. The van der Waals surface area contributed by atoms with Gasteiger partial charge in [0.1, 0.15) is 5.76 Å². The Morgan fingerprint density at radius 2 is 2.14 bits per heavy atom. The molecule has 1 heterocycles. The van der Waals surface area contributed by atoms with E-state index in [1.807, 2.05) is 0 Å². The van der Waals surface area contributed by atoms with Crippen LogP contribution in [-0.4, -0.2) is 24.0 Å². The van der Waals surface area contributed by atoms with Gasteiger partial charge in [-0.2, -0.15) is 0 Å². The molecule has 1 aliphatic rings. The van der Waals surface area contributed by atoms with Crippen LogP contribution in [0.5, 0.6) is 0 Å². The monoisotopic (exact) mass is 355 g/mol. The van der Waals surface area contributed by atoms with Crippen LogP contribution < -0.4 is 5.32 Å². The molecule has 0 spiro atoms. The first-order valence-corrected chi connectivity index (χ1v) is 7.78. The van der Waals surface area contributed by atoms with Gasteiger partial charge in [-0.25, -0.2) is 4.79 Å². The third kappa shape index (κ3) is 5.04. The van der Waals surface area contributed by atoms with Crippen LogP contribution in [0.1, 0.15) is 38.4 Å². The van der Waals surface area contributed by atoms with E-state index in [-0.39, 0.29) is 11.9 Å². The number of ether oxygens (including phenoxy) is 1. The van der Waals surface area contributed by atoms with Crippen LogP contribution in [-0.2, 0) is 14.3 Å². The van der Waals surface area contributed by atoms with Gasteiger partial charge >= 0.3 is 5.97 Å². The maximum atomic E-state index is 11.9. The normalized spacial score (nSPS) is 17.0. The van der Waals surface area contributed by atoms with Crippen molar-refractivity contribution in [3.63, 3.8) is 0 Å². The Morgan fingerprint density at radius 1 is 1.43 bits per heavy atom. The smallest absolute Gasteiger partial charge is 0.331 e. The van der Waals surface area contributed by atoms with E-state index < -0.39 is 12.1 Å². The molecular formula is C15H18BrNO4. The van der Waals surface area contributed by atoms with Crippen LogP contribution in [0.3, 0.4) is 0 Å². The molecule has 0 aliphatic heterocycles. The zero-order chi connectivity index (χ0) is 15.2. The third-order valence-electron chi connectivity index (χ3n) is 3.34. The summed E-state index contributed by atoms with van der Waals surface area (Å²) in [5, 5.41) is 2.90. The van der Waals surface area contributed by atoms with Crippen molar-refractivity contribution in [3.05, 3.63) is 28.6 Å². The van der Waals surface area contributed by atoms with E-state index in [1.165, 1.54) is 12.2 Å². The largest absolute Gasteiger partial charge is 0.450 e. The minimum absolute atomic E-state index is 0.217. The molecule has 1 aromatic rings. The van der Waals surface area contributed by atoms with Gasteiger partial charge in [0.2, 0.25) is 0 Å². The zero-order valence-electron chi connectivity index (χ0n) is 11.8. The van der Waals surface area contributed by atoms with Crippen molar-refractivity contribution in [2.75, 3.05) is 0 Å². The van der Waals surface area contributed by atoms with Gasteiger partial charge in [-0.15, -0.1) is 0 Å². The van der Waals surface area contributed by atoms with Crippen molar-refractivity contribution >= 4 is 33.9 Å². The minimum Gasteiger partial charge on any atom is -0.450 e. The number of esters is 1. The average Bonchev–Trinajstić information content (AvgIpc) is 3.08. The molecule has 21 heavy (non-hydrogen) atoms. The fraction of sp³-hybridized carbons (Fsp3) is 0.467. The highest BCUT2D eigenvalue weighted by atomic mass is 79.9. The summed E-state index contributed by atoms with van der Waals surface area (Å²) in [6.45, 7) is 1.57. The van der Waals surface area contributed by atoms with Gasteiger partial charge in [-0.05, 0) is 53.9 Å². The number of carbonyl (C=O) groups excluding carboxylic acids is 2. The highest BCUT2D eigenvalue weighted by Gasteiger charge is 2.22. The summed E-state index contributed by atoms with van der Waals surface area (Å²) in [5.74, 6) is -0.289. The van der Waals surface area contributed by atoms with Crippen LogP contribution in [0.25, 0.3) is 6.08 Å². The number of amides is 1. The maximum absolute atomic E-state index is 11.9. The molecule has 0 unspecified atom stereocenters. The van der Waals surface area contributed by atoms with Crippen molar-refractivity contribution in [1.29, 1.82) is 0 Å². The quantitative estimate of drug-likeness (QED) is 0.650. The van der Waals surface area contributed by atoms with E-state index >= 15 is 0 Å². The maximum Gasteiger partial charge on any atom is 0.331 e. The molecule has 0 saturated heterocycles. The Morgan fingerprint density at radius 3 is 2.76 bits per heavy atom. The summed E-state index contributed by atoms with van der Waals surface area (Å²) >= 11 is 3.17. The van der Waals surface area contributed by atoms with Crippen LogP contribution >= 0.6 is 15.9 Å². The Bertz CT molecular complexity index is 532. The lowest BCUT2D eigenvalue weighted by molar-refractivity contribution is -0.150. The van der Waals surface area contributed by atoms with E-state index in [2.05, 4.69) is 21.2 Å². The fourth-order valence-corrected chi connectivity index (χ4v) is 2.54. The second-order valence-electron chi connectivity index (χ2n) is 5.04.